The number of hydrogen-bond donors (Lipinski definition) is 1. The van der Waals surface area contributed by atoms with Crippen LogP contribution in [0.1, 0.15) is 28.8 Å². The molecule has 1 aliphatic heterocycles. The summed E-state index contributed by atoms with van der Waals surface area (Å²) >= 11 is 0. The molecule has 0 spiro atoms. The molecule has 7 heteroatoms. The number of carbonyl (C=O) groups excluding carboxylic acids is 1. The van der Waals surface area contributed by atoms with E-state index < -0.39 is 29.2 Å². The van der Waals surface area contributed by atoms with Gasteiger partial charge in [0.2, 0.25) is 0 Å². The van der Waals surface area contributed by atoms with Gasteiger partial charge in [0.05, 0.1) is 5.56 Å². The van der Waals surface area contributed by atoms with Crippen LogP contribution in [0.4, 0.5) is 18.0 Å². The van der Waals surface area contributed by atoms with Crippen LogP contribution >= 0.6 is 0 Å². The number of halogens is 3. The average molecular weight is 313 g/mol. The Kier molecular flexibility index (Phi) is 4.54. The van der Waals surface area contributed by atoms with Gasteiger partial charge in [0.25, 0.3) is 0 Å². The smallest absolute Gasteiger partial charge is 0.417 e. The Labute approximate surface area is 124 Å². The number of allylic oxidation sites excluding steroid dienone is 1. The fourth-order valence-electron chi connectivity index (χ4n) is 2.39. The number of amides is 1. The molecule has 1 aromatic carbocycles. The van der Waals surface area contributed by atoms with Gasteiger partial charge in [-0.2, -0.15) is 13.2 Å². The van der Waals surface area contributed by atoms with E-state index in [0.717, 1.165) is 23.1 Å². The summed E-state index contributed by atoms with van der Waals surface area (Å²) in [4.78, 5) is 24.2. The van der Waals surface area contributed by atoms with Crippen molar-refractivity contribution in [2.75, 3.05) is 13.1 Å². The highest BCUT2D eigenvalue weighted by molar-refractivity contribution is 6.06. The number of hydrogen-bond acceptors (Lipinski definition) is 2. The Hall–Kier alpha value is -2.31. The molecule has 1 saturated heterocycles. The second-order valence-electron chi connectivity index (χ2n) is 5.02. The van der Waals surface area contributed by atoms with Crippen molar-refractivity contribution in [1.82, 2.24) is 4.90 Å². The molecule has 0 unspecified atom stereocenters. The first kappa shape index (κ1) is 16.1. The van der Waals surface area contributed by atoms with Crippen molar-refractivity contribution >= 4 is 11.9 Å². The van der Waals surface area contributed by atoms with Crippen LogP contribution in [0.3, 0.4) is 0 Å². The zero-order chi connectivity index (χ0) is 16.3. The number of carboxylic acid groups (broad SMARTS) is 1. The van der Waals surface area contributed by atoms with Crippen molar-refractivity contribution < 1.29 is 27.9 Å². The summed E-state index contributed by atoms with van der Waals surface area (Å²) in [6.45, 7) is 0.412. The van der Waals surface area contributed by atoms with Crippen LogP contribution in [0.5, 0.6) is 0 Å². The topological polar surface area (TPSA) is 57.6 Å². The van der Waals surface area contributed by atoms with E-state index in [1.807, 2.05) is 0 Å². The van der Waals surface area contributed by atoms with Crippen molar-refractivity contribution in [2.24, 2.45) is 0 Å². The SMILES string of the molecule is O=C(/C=C1\CCCN(C(=O)O)C1)c1ccccc1C(F)(F)F. The van der Waals surface area contributed by atoms with Gasteiger partial charge in [0.15, 0.2) is 5.78 Å². The summed E-state index contributed by atoms with van der Waals surface area (Å²) < 4.78 is 38.7. The molecule has 1 aromatic rings. The third kappa shape index (κ3) is 3.66. The zero-order valence-corrected chi connectivity index (χ0v) is 11.6. The molecule has 0 atom stereocenters. The van der Waals surface area contributed by atoms with E-state index in [2.05, 4.69) is 0 Å². The predicted octanol–water partition coefficient (Wildman–Crippen LogP) is 3.59. The number of piperidine rings is 1. The van der Waals surface area contributed by atoms with Gasteiger partial charge in [-0.05, 0) is 30.6 Å². The van der Waals surface area contributed by atoms with Crippen molar-refractivity contribution in [1.29, 1.82) is 0 Å². The van der Waals surface area contributed by atoms with E-state index in [1.54, 1.807) is 0 Å². The monoisotopic (exact) mass is 313 g/mol. The number of rotatable bonds is 2. The standard InChI is InChI=1S/C15H14F3NO3/c16-15(17,18)12-6-2-1-5-11(12)13(20)8-10-4-3-7-19(9-10)14(21)22/h1-2,5-6,8H,3-4,7,9H2,(H,21,22)/b10-8+. The van der Waals surface area contributed by atoms with Crippen LogP contribution in [0.2, 0.25) is 0 Å². The molecule has 0 radical (unpaired) electrons. The molecule has 4 nitrogen and oxygen atoms in total. The maximum atomic E-state index is 12.9. The lowest BCUT2D eigenvalue weighted by Gasteiger charge is -2.25. The molecule has 1 amide bonds. The third-order valence-corrected chi connectivity index (χ3v) is 3.42. The molecule has 0 aromatic heterocycles. The van der Waals surface area contributed by atoms with Crippen LogP contribution in [-0.2, 0) is 6.18 Å². The molecule has 0 bridgehead atoms. The highest BCUT2D eigenvalue weighted by atomic mass is 19.4. The average Bonchev–Trinajstić information content (AvgIpc) is 2.46. The highest BCUT2D eigenvalue weighted by Gasteiger charge is 2.34. The van der Waals surface area contributed by atoms with Crippen LogP contribution < -0.4 is 0 Å². The van der Waals surface area contributed by atoms with Gasteiger partial charge in [0.1, 0.15) is 0 Å². The molecule has 1 heterocycles. The maximum Gasteiger partial charge on any atom is 0.417 e. The number of likely N-dealkylation sites (tertiary alicyclic amines) is 1. The summed E-state index contributed by atoms with van der Waals surface area (Å²) in [5.74, 6) is -0.754. The summed E-state index contributed by atoms with van der Waals surface area (Å²) in [7, 11) is 0. The van der Waals surface area contributed by atoms with Crippen LogP contribution in [0.15, 0.2) is 35.9 Å². The molecule has 1 fully saturated rings. The van der Waals surface area contributed by atoms with Crippen molar-refractivity contribution in [3.05, 3.63) is 47.0 Å². The Morgan fingerprint density at radius 1 is 1.23 bits per heavy atom. The van der Waals surface area contributed by atoms with E-state index >= 15 is 0 Å². The minimum atomic E-state index is -4.61. The lowest BCUT2D eigenvalue weighted by molar-refractivity contribution is -0.137. The fraction of sp³-hybridized carbons (Fsp3) is 0.333. The molecule has 22 heavy (non-hydrogen) atoms. The third-order valence-electron chi connectivity index (χ3n) is 3.42. The number of ketones is 1. The molecular formula is C15H14F3NO3. The van der Waals surface area contributed by atoms with Crippen molar-refractivity contribution in [3.8, 4) is 0 Å². The Morgan fingerprint density at radius 2 is 1.91 bits per heavy atom. The summed E-state index contributed by atoms with van der Waals surface area (Å²) in [5.41, 5.74) is -0.881. The molecule has 1 aliphatic rings. The van der Waals surface area contributed by atoms with E-state index in [1.165, 1.54) is 12.1 Å². The first-order chi connectivity index (χ1) is 10.3. The minimum absolute atomic E-state index is 0.0509. The quantitative estimate of drug-likeness (QED) is 0.670. The van der Waals surface area contributed by atoms with Crippen LogP contribution in [-0.4, -0.2) is 35.0 Å². The van der Waals surface area contributed by atoms with Gasteiger partial charge in [-0.3, -0.25) is 4.79 Å². The normalized spacial score (nSPS) is 17.6. The summed E-state index contributed by atoms with van der Waals surface area (Å²) in [5, 5.41) is 8.92. The second kappa shape index (κ2) is 6.21. The van der Waals surface area contributed by atoms with Gasteiger partial charge < -0.3 is 10.0 Å². The lowest BCUT2D eigenvalue weighted by Crippen LogP contribution is -2.35. The minimum Gasteiger partial charge on any atom is -0.465 e. The number of alkyl halides is 3. The van der Waals surface area contributed by atoms with Gasteiger partial charge in [0, 0.05) is 18.7 Å². The van der Waals surface area contributed by atoms with E-state index in [9.17, 15) is 22.8 Å². The van der Waals surface area contributed by atoms with E-state index in [-0.39, 0.29) is 6.54 Å². The first-order valence-corrected chi connectivity index (χ1v) is 6.67. The fourth-order valence-corrected chi connectivity index (χ4v) is 2.39. The zero-order valence-electron chi connectivity index (χ0n) is 11.6. The molecule has 118 valence electrons. The summed E-state index contributed by atoms with van der Waals surface area (Å²) in [6.07, 6.45) is -3.53. The predicted molar refractivity (Wildman–Crippen MR) is 72.7 cm³/mol. The van der Waals surface area contributed by atoms with Crippen LogP contribution in [0, 0.1) is 0 Å². The van der Waals surface area contributed by atoms with E-state index in [4.69, 9.17) is 5.11 Å². The number of carbonyl (C=O) groups is 2. The molecule has 0 saturated carbocycles. The van der Waals surface area contributed by atoms with E-state index in [0.29, 0.717) is 25.0 Å². The van der Waals surface area contributed by atoms with Gasteiger partial charge in [-0.1, -0.05) is 18.2 Å². The molecule has 0 aliphatic carbocycles. The first-order valence-electron chi connectivity index (χ1n) is 6.67. The summed E-state index contributed by atoms with van der Waals surface area (Å²) in [6, 6.07) is 4.57. The molecule has 2 rings (SSSR count). The van der Waals surface area contributed by atoms with Crippen molar-refractivity contribution in [3.63, 3.8) is 0 Å². The lowest BCUT2D eigenvalue weighted by atomic mass is 9.98. The Bertz CT molecular complexity index is 623. The Balaban J connectivity index is 2.26. The maximum absolute atomic E-state index is 12.9. The van der Waals surface area contributed by atoms with Crippen molar-refractivity contribution in [2.45, 2.75) is 19.0 Å². The second-order valence-corrected chi connectivity index (χ2v) is 5.02. The molecule has 1 N–H and O–H groups in total. The Morgan fingerprint density at radius 3 is 2.55 bits per heavy atom. The van der Waals surface area contributed by atoms with Gasteiger partial charge in [-0.25, -0.2) is 4.79 Å². The van der Waals surface area contributed by atoms with Gasteiger partial charge in [-0.15, -0.1) is 0 Å². The number of benzene rings is 1. The number of nitrogens with zero attached hydrogens (tertiary/aromatic N) is 1. The largest absolute Gasteiger partial charge is 0.465 e. The van der Waals surface area contributed by atoms with Crippen LogP contribution in [0.25, 0.3) is 0 Å². The van der Waals surface area contributed by atoms with Gasteiger partial charge >= 0.3 is 12.3 Å². The highest BCUT2D eigenvalue weighted by Crippen LogP contribution is 2.32. The molecular weight excluding hydrogens is 299 g/mol.